The van der Waals surface area contributed by atoms with E-state index in [9.17, 15) is 28.0 Å². The zero-order valence-electron chi connectivity index (χ0n) is 25.1. The van der Waals surface area contributed by atoms with Gasteiger partial charge in [-0.05, 0) is 35.6 Å². The van der Waals surface area contributed by atoms with Crippen LogP contribution in [0.15, 0.2) is 54.6 Å². The van der Waals surface area contributed by atoms with E-state index in [-0.39, 0.29) is 31.8 Å². The van der Waals surface area contributed by atoms with E-state index in [0.29, 0.717) is 44.3 Å². The number of Topliss-reactive ketones (excluding diaryl/α,β-unsaturated/α-hetero) is 1. The minimum atomic E-state index is -4.33. The highest BCUT2D eigenvalue weighted by Crippen LogP contribution is 2.23. The van der Waals surface area contributed by atoms with Gasteiger partial charge in [-0.15, -0.1) is 0 Å². The third-order valence-corrected chi connectivity index (χ3v) is 7.69. The molecule has 1 aliphatic rings. The summed E-state index contributed by atoms with van der Waals surface area (Å²) in [4.78, 5) is 53.0. The molecule has 0 aliphatic carbocycles. The summed E-state index contributed by atoms with van der Waals surface area (Å²) in [5.41, 5.74) is 1.67. The predicted molar refractivity (Wildman–Crippen MR) is 164 cm³/mol. The largest absolute Gasteiger partial charge is 0.383 e. The normalized spacial score (nSPS) is 15.3. The molecule has 0 radical (unpaired) electrons. The number of morpholine rings is 1. The van der Waals surface area contributed by atoms with Crippen molar-refractivity contribution in [2.45, 2.75) is 51.0 Å². The van der Waals surface area contributed by atoms with E-state index in [1.165, 1.54) is 13.8 Å². The van der Waals surface area contributed by atoms with E-state index in [4.69, 9.17) is 16.3 Å². The summed E-state index contributed by atoms with van der Waals surface area (Å²) >= 11 is 6.02. The highest BCUT2D eigenvalue weighted by Gasteiger charge is 2.51. The van der Waals surface area contributed by atoms with Gasteiger partial charge in [-0.1, -0.05) is 67.9 Å². The molecule has 1 fully saturated rings. The number of benzene rings is 2. The number of nitrogens with zero attached hydrogens (tertiary/aromatic N) is 1. The van der Waals surface area contributed by atoms with Crippen molar-refractivity contribution in [2.75, 3.05) is 45.9 Å². The summed E-state index contributed by atoms with van der Waals surface area (Å²) < 4.78 is 35.2. The second kappa shape index (κ2) is 17.2. The quantitative estimate of drug-likeness (QED) is 0.244. The molecule has 2 aromatic rings. The molecular weight excluding hydrogens is 594 g/mol. The van der Waals surface area contributed by atoms with Crippen molar-refractivity contribution in [3.05, 3.63) is 70.7 Å². The Morgan fingerprint density at radius 1 is 0.977 bits per heavy atom. The molecule has 2 aromatic carbocycles. The molecule has 0 spiro atoms. The molecule has 3 amide bonds. The molecule has 1 unspecified atom stereocenters. The van der Waals surface area contributed by atoms with E-state index in [1.54, 1.807) is 36.4 Å². The Labute approximate surface area is 262 Å². The topological polar surface area (TPSA) is 117 Å². The van der Waals surface area contributed by atoms with Crippen molar-refractivity contribution in [1.29, 1.82) is 0 Å². The number of amides is 3. The Bertz CT molecular complexity index is 1260. The number of halogens is 3. The van der Waals surface area contributed by atoms with Gasteiger partial charge in [0.15, 0.2) is 0 Å². The molecule has 0 aromatic heterocycles. The van der Waals surface area contributed by atoms with Gasteiger partial charge in [0.05, 0.1) is 19.3 Å². The highest BCUT2D eigenvalue weighted by atomic mass is 35.5. The molecule has 1 aliphatic heterocycles. The Kier molecular flexibility index (Phi) is 13.7. The van der Waals surface area contributed by atoms with Crippen LogP contribution in [0.25, 0.3) is 0 Å². The fraction of sp³-hybridized carbons (Fsp3) is 0.500. The van der Waals surface area contributed by atoms with Gasteiger partial charge in [-0.25, -0.2) is 0 Å². The highest BCUT2D eigenvalue weighted by molar-refractivity contribution is 6.30. The molecule has 1 heterocycles. The van der Waals surface area contributed by atoms with Gasteiger partial charge < -0.3 is 20.7 Å². The number of ketones is 1. The number of ether oxygens (including phenoxy) is 1. The first-order valence-corrected chi connectivity index (χ1v) is 15.2. The summed E-state index contributed by atoms with van der Waals surface area (Å²) in [6.07, 6.45) is 0.518. The van der Waals surface area contributed by atoms with Crippen LogP contribution in [0.4, 0.5) is 8.78 Å². The van der Waals surface area contributed by atoms with Crippen molar-refractivity contribution in [3.8, 4) is 0 Å². The first-order valence-electron chi connectivity index (χ1n) is 14.8. The first kappa shape index (κ1) is 35.1. The number of hydrogen-bond acceptors (Lipinski definition) is 6. The maximum Gasteiger partial charge on any atom is 0.383 e. The zero-order valence-corrected chi connectivity index (χ0v) is 25.9. The van der Waals surface area contributed by atoms with E-state index in [0.717, 1.165) is 11.1 Å². The van der Waals surface area contributed by atoms with Crippen LogP contribution in [-0.2, 0) is 30.3 Å². The van der Waals surface area contributed by atoms with Crippen LogP contribution in [0.5, 0.6) is 0 Å². The van der Waals surface area contributed by atoms with Gasteiger partial charge >= 0.3 is 5.92 Å². The van der Waals surface area contributed by atoms with Crippen molar-refractivity contribution in [2.24, 2.45) is 5.92 Å². The molecule has 2 atom stereocenters. The Morgan fingerprint density at radius 2 is 1.68 bits per heavy atom. The maximum absolute atomic E-state index is 15.0. The van der Waals surface area contributed by atoms with Crippen molar-refractivity contribution >= 4 is 35.1 Å². The van der Waals surface area contributed by atoms with Crippen LogP contribution in [0.3, 0.4) is 0 Å². The third kappa shape index (κ3) is 10.9. The summed E-state index contributed by atoms with van der Waals surface area (Å²) in [7, 11) is 0. The predicted octanol–water partition coefficient (Wildman–Crippen LogP) is 3.36. The van der Waals surface area contributed by atoms with Gasteiger partial charge in [-0.2, -0.15) is 8.78 Å². The molecule has 0 bridgehead atoms. The first-order chi connectivity index (χ1) is 21.0. The number of alkyl halides is 2. The lowest BCUT2D eigenvalue weighted by Gasteiger charge is -2.28. The molecule has 3 N–H and O–H groups in total. The number of carbonyl (C=O) groups excluding carboxylic acids is 4. The number of aryl methyl sites for hydroxylation is 1. The van der Waals surface area contributed by atoms with Gasteiger partial charge in [-0.3, -0.25) is 24.1 Å². The number of rotatable bonds is 16. The number of hydrogen-bond donors (Lipinski definition) is 3. The van der Waals surface area contributed by atoms with Crippen LogP contribution in [0.1, 0.15) is 43.7 Å². The monoisotopic (exact) mass is 634 g/mol. The average Bonchev–Trinajstić information content (AvgIpc) is 3.01. The van der Waals surface area contributed by atoms with Crippen LogP contribution in [-0.4, -0.2) is 86.3 Å². The fourth-order valence-electron chi connectivity index (χ4n) is 4.87. The van der Waals surface area contributed by atoms with Gasteiger partial charge in [0.1, 0.15) is 0 Å². The van der Waals surface area contributed by atoms with Crippen molar-refractivity contribution in [3.63, 3.8) is 0 Å². The summed E-state index contributed by atoms with van der Waals surface area (Å²) in [6.45, 7) is 5.76. The van der Waals surface area contributed by atoms with Gasteiger partial charge in [0, 0.05) is 56.5 Å². The number of carbonyl (C=O) groups is 4. The van der Waals surface area contributed by atoms with Gasteiger partial charge in [0.2, 0.25) is 17.6 Å². The number of nitrogens with one attached hydrogen (secondary N) is 3. The lowest BCUT2D eigenvalue weighted by molar-refractivity contribution is -0.161. The fourth-order valence-corrected chi connectivity index (χ4v) is 5.08. The van der Waals surface area contributed by atoms with Crippen LogP contribution >= 0.6 is 11.6 Å². The second-order valence-electron chi connectivity index (χ2n) is 11.2. The lowest BCUT2D eigenvalue weighted by Crippen LogP contribution is -2.57. The minimum absolute atomic E-state index is 0.0516. The van der Waals surface area contributed by atoms with Crippen molar-refractivity contribution < 1.29 is 32.7 Å². The van der Waals surface area contributed by atoms with E-state index < -0.39 is 41.4 Å². The Morgan fingerprint density at radius 3 is 2.34 bits per heavy atom. The summed E-state index contributed by atoms with van der Waals surface area (Å²) in [5, 5.41) is 8.01. The molecule has 12 heteroatoms. The summed E-state index contributed by atoms with van der Waals surface area (Å²) in [5.74, 6) is -9.77. The van der Waals surface area contributed by atoms with Crippen LogP contribution in [0.2, 0.25) is 5.02 Å². The standard InChI is InChI=1S/C32H41ClF2N4O5/c1-22(2)29(30(42)32(34,35)31(43)36-13-14-39-15-17-44-18-16-39)38-28(41)20-25(24-8-4-3-5-9-24)21-37-27(40)12-11-23-7-6-10-26(33)19-23/h3-10,19,22,25,29H,11-18,20-21H2,1-2H3,(H,36,43)(H,37,40)(H,38,41)/t25?,29-/m0/s1. The zero-order chi connectivity index (χ0) is 32.1. The molecular formula is C32H41ClF2N4O5. The Balaban J connectivity index is 1.58. The molecule has 0 saturated carbocycles. The maximum atomic E-state index is 15.0. The van der Waals surface area contributed by atoms with Gasteiger partial charge in [0.25, 0.3) is 5.91 Å². The minimum Gasteiger partial charge on any atom is -0.379 e. The molecule has 240 valence electrons. The Hall–Kier alpha value is -3.41. The smallest absolute Gasteiger partial charge is 0.379 e. The summed E-state index contributed by atoms with van der Waals surface area (Å²) in [6, 6.07) is 14.6. The van der Waals surface area contributed by atoms with Crippen LogP contribution < -0.4 is 16.0 Å². The second-order valence-corrected chi connectivity index (χ2v) is 11.6. The third-order valence-electron chi connectivity index (χ3n) is 7.46. The van der Waals surface area contributed by atoms with E-state index in [1.807, 2.05) is 23.1 Å². The SMILES string of the molecule is CC(C)[C@H](NC(=O)CC(CNC(=O)CCc1cccc(Cl)c1)c1ccccc1)C(=O)C(F)(F)C(=O)NCCN1CCOCC1. The molecule has 9 nitrogen and oxygen atoms in total. The van der Waals surface area contributed by atoms with E-state index >= 15 is 0 Å². The molecule has 1 saturated heterocycles. The van der Waals surface area contributed by atoms with E-state index in [2.05, 4.69) is 16.0 Å². The average molecular weight is 635 g/mol. The molecule has 3 rings (SSSR count). The van der Waals surface area contributed by atoms with Crippen molar-refractivity contribution in [1.82, 2.24) is 20.9 Å². The molecule has 44 heavy (non-hydrogen) atoms. The van der Waals surface area contributed by atoms with Crippen LogP contribution in [0, 0.1) is 5.92 Å². The lowest BCUT2D eigenvalue weighted by atomic mass is 9.92.